The van der Waals surface area contributed by atoms with Crippen LogP contribution >= 0.6 is 11.6 Å². The molecule has 6 heteroatoms. The van der Waals surface area contributed by atoms with Crippen molar-refractivity contribution < 1.29 is 9.90 Å². The van der Waals surface area contributed by atoms with Gasteiger partial charge in [-0.25, -0.2) is 0 Å². The average molecular weight is 268 g/mol. The fourth-order valence-electron chi connectivity index (χ4n) is 1.72. The molecule has 1 atom stereocenters. The fourth-order valence-corrected chi connectivity index (χ4v) is 2.00. The minimum absolute atomic E-state index is 0.0982. The number of aliphatic hydroxyl groups is 1. The third kappa shape index (κ3) is 2.64. The van der Waals surface area contributed by atoms with Crippen LogP contribution in [0.15, 0.2) is 24.3 Å². The number of carbonyl (C=O) groups is 1. The van der Waals surface area contributed by atoms with Gasteiger partial charge in [-0.05, 0) is 6.07 Å². The maximum Gasteiger partial charge on any atom is 0.247 e. The summed E-state index contributed by atoms with van der Waals surface area (Å²) >= 11 is 6.21. The van der Waals surface area contributed by atoms with Crippen molar-refractivity contribution in [3.63, 3.8) is 0 Å². The third-order valence-corrected chi connectivity index (χ3v) is 3.11. The SMILES string of the molecule is NC(=O)C(O)CNCc1[nH]c2ccccc2c1Cl. The molecule has 0 spiro atoms. The van der Waals surface area contributed by atoms with Crippen LogP contribution in [0.3, 0.4) is 0 Å². The first-order chi connectivity index (χ1) is 8.59. The molecule has 0 aliphatic rings. The Morgan fingerprint density at radius 2 is 2.22 bits per heavy atom. The molecule has 96 valence electrons. The van der Waals surface area contributed by atoms with Crippen molar-refractivity contribution in [1.29, 1.82) is 0 Å². The molecule has 0 radical (unpaired) electrons. The van der Waals surface area contributed by atoms with E-state index in [1.807, 2.05) is 24.3 Å². The summed E-state index contributed by atoms with van der Waals surface area (Å²) < 4.78 is 0. The number of halogens is 1. The number of nitrogens with one attached hydrogen (secondary N) is 2. The minimum Gasteiger partial charge on any atom is -0.382 e. The van der Waals surface area contributed by atoms with Gasteiger partial charge in [0.1, 0.15) is 6.10 Å². The van der Waals surface area contributed by atoms with Crippen molar-refractivity contribution in [2.75, 3.05) is 6.54 Å². The number of amides is 1. The number of hydrogen-bond donors (Lipinski definition) is 4. The zero-order valence-corrected chi connectivity index (χ0v) is 10.4. The Labute approximate surface area is 109 Å². The van der Waals surface area contributed by atoms with E-state index in [1.165, 1.54) is 0 Å². The van der Waals surface area contributed by atoms with Gasteiger partial charge in [-0.15, -0.1) is 0 Å². The second-order valence-corrected chi connectivity index (χ2v) is 4.39. The highest BCUT2D eigenvalue weighted by molar-refractivity contribution is 6.36. The molecule has 0 saturated carbocycles. The molecule has 0 aliphatic heterocycles. The van der Waals surface area contributed by atoms with Gasteiger partial charge in [-0.3, -0.25) is 4.79 Å². The molecule has 1 aromatic heterocycles. The van der Waals surface area contributed by atoms with E-state index in [0.717, 1.165) is 16.6 Å². The highest BCUT2D eigenvalue weighted by Crippen LogP contribution is 2.26. The van der Waals surface area contributed by atoms with Crippen molar-refractivity contribution >= 4 is 28.4 Å². The van der Waals surface area contributed by atoms with Gasteiger partial charge in [0.05, 0.1) is 5.02 Å². The second kappa shape index (κ2) is 5.39. The summed E-state index contributed by atoms with van der Waals surface area (Å²) in [5, 5.41) is 13.7. The van der Waals surface area contributed by atoms with Crippen LogP contribution in [-0.2, 0) is 11.3 Å². The number of primary amides is 1. The van der Waals surface area contributed by atoms with E-state index >= 15 is 0 Å². The van der Waals surface area contributed by atoms with Gasteiger partial charge in [-0.1, -0.05) is 29.8 Å². The molecular weight excluding hydrogens is 254 g/mol. The number of rotatable bonds is 5. The Bertz CT molecular complexity index is 567. The smallest absolute Gasteiger partial charge is 0.247 e. The second-order valence-electron chi connectivity index (χ2n) is 4.01. The molecule has 2 rings (SSSR count). The van der Waals surface area contributed by atoms with Crippen LogP contribution in [0.4, 0.5) is 0 Å². The molecule has 2 aromatic rings. The zero-order valence-electron chi connectivity index (χ0n) is 9.61. The summed E-state index contributed by atoms with van der Waals surface area (Å²) in [5.41, 5.74) is 6.71. The number of hydrogen-bond acceptors (Lipinski definition) is 3. The normalized spacial score (nSPS) is 12.8. The zero-order chi connectivity index (χ0) is 13.1. The van der Waals surface area contributed by atoms with Crippen LogP contribution in [0, 0.1) is 0 Å². The van der Waals surface area contributed by atoms with E-state index in [-0.39, 0.29) is 6.54 Å². The molecule has 1 amide bonds. The lowest BCUT2D eigenvalue weighted by Crippen LogP contribution is -2.37. The molecule has 1 heterocycles. The Hall–Kier alpha value is -1.56. The molecular formula is C12H14ClN3O2. The van der Waals surface area contributed by atoms with Gasteiger partial charge in [0.15, 0.2) is 0 Å². The van der Waals surface area contributed by atoms with E-state index < -0.39 is 12.0 Å². The number of para-hydroxylation sites is 1. The number of aromatic amines is 1. The lowest BCUT2D eigenvalue weighted by molar-refractivity contribution is -0.125. The molecule has 0 saturated heterocycles. The van der Waals surface area contributed by atoms with Gasteiger partial charge in [0.2, 0.25) is 5.91 Å². The molecule has 5 nitrogen and oxygen atoms in total. The Balaban J connectivity index is 2.04. The van der Waals surface area contributed by atoms with E-state index in [0.29, 0.717) is 11.6 Å². The van der Waals surface area contributed by atoms with Crippen LogP contribution in [0.1, 0.15) is 5.69 Å². The van der Waals surface area contributed by atoms with E-state index in [1.54, 1.807) is 0 Å². The van der Waals surface area contributed by atoms with E-state index in [2.05, 4.69) is 10.3 Å². The first kappa shape index (κ1) is 12.9. The van der Waals surface area contributed by atoms with Crippen molar-refractivity contribution in [3.8, 4) is 0 Å². The number of nitrogens with two attached hydrogens (primary N) is 1. The van der Waals surface area contributed by atoms with Crippen LogP contribution < -0.4 is 11.1 Å². The van der Waals surface area contributed by atoms with Crippen molar-refractivity contribution in [2.45, 2.75) is 12.6 Å². The quantitative estimate of drug-likeness (QED) is 0.644. The summed E-state index contributed by atoms with van der Waals surface area (Å²) in [6.07, 6.45) is -1.19. The predicted molar refractivity (Wildman–Crippen MR) is 70.2 cm³/mol. The Kier molecular flexibility index (Phi) is 3.86. The number of benzene rings is 1. The lowest BCUT2D eigenvalue weighted by Gasteiger charge is -2.07. The molecule has 1 aromatic carbocycles. The first-order valence-corrected chi connectivity index (χ1v) is 5.90. The Morgan fingerprint density at radius 1 is 1.50 bits per heavy atom. The molecule has 18 heavy (non-hydrogen) atoms. The summed E-state index contributed by atoms with van der Waals surface area (Å²) in [4.78, 5) is 13.8. The topological polar surface area (TPSA) is 91.1 Å². The van der Waals surface area contributed by atoms with E-state index in [4.69, 9.17) is 17.3 Å². The summed E-state index contributed by atoms with van der Waals surface area (Å²) in [5.74, 6) is -0.745. The third-order valence-electron chi connectivity index (χ3n) is 2.68. The van der Waals surface area contributed by atoms with Gasteiger partial charge in [-0.2, -0.15) is 0 Å². The Morgan fingerprint density at radius 3 is 2.89 bits per heavy atom. The lowest BCUT2D eigenvalue weighted by atomic mass is 10.2. The van der Waals surface area contributed by atoms with Crippen LogP contribution in [0.2, 0.25) is 5.02 Å². The molecule has 0 aliphatic carbocycles. The average Bonchev–Trinajstić information content (AvgIpc) is 2.67. The van der Waals surface area contributed by atoms with Crippen LogP contribution in [0.5, 0.6) is 0 Å². The standard InChI is InChI=1S/C12H14ClN3O2/c13-11-7-3-1-2-4-8(7)16-9(11)5-15-6-10(17)12(14)18/h1-4,10,15-17H,5-6H2,(H2,14,18). The summed E-state index contributed by atoms with van der Waals surface area (Å²) in [6, 6.07) is 7.69. The number of aromatic nitrogens is 1. The maximum atomic E-state index is 10.6. The predicted octanol–water partition coefficient (Wildman–Crippen LogP) is 0.757. The molecule has 5 N–H and O–H groups in total. The van der Waals surface area contributed by atoms with Crippen LogP contribution in [-0.4, -0.2) is 28.6 Å². The molecule has 0 fully saturated rings. The van der Waals surface area contributed by atoms with Crippen molar-refractivity contribution in [1.82, 2.24) is 10.3 Å². The fraction of sp³-hybridized carbons (Fsp3) is 0.250. The van der Waals surface area contributed by atoms with Gasteiger partial charge in [0, 0.05) is 29.7 Å². The van der Waals surface area contributed by atoms with Crippen molar-refractivity contribution in [2.24, 2.45) is 5.73 Å². The van der Waals surface area contributed by atoms with E-state index in [9.17, 15) is 9.90 Å². The maximum absolute atomic E-state index is 10.6. The first-order valence-electron chi connectivity index (χ1n) is 5.52. The minimum atomic E-state index is -1.19. The highest BCUT2D eigenvalue weighted by Gasteiger charge is 2.12. The van der Waals surface area contributed by atoms with Gasteiger partial charge < -0.3 is 21.1 Å². The van der Waals surface area contributed by atoms with Gasteiger partial charge in [0.25, 0.3) is 0 Å². The monoisotopic (exact) mass is 267 g/mol. The number of H-pyrrole nitrogens is 1. The largest absolute Gasteiger partial charge is 0.382 e. The summed E-state index contributed by atoms with van der Waals surface area (Å²) in [7, 11) is 0. The number of carbonyl (C=O) groups excluding carboxylic acids is 1. The molecule has 0 bridgehead atoms. The van der Waals surface area contributed by atoms with Crippen molar-refractivity contribution in [3.05, 3.63) is 35.0 Å². The van der Waals surface area contributed by atoms with Crippen LogP contribution in [0.25, 0.3) is 10.9 Å². The summed E-state index contributed by atoms with van der Waals surface area (Å²) in [6.45, 7) is 0.527. The number of aliphatic hydroxyl groups excluding tert-OH is 1. The van der Waals surface area contributed by atoms with Gasteiger partial charge >= 0.3 is 0 Å². The number of fused-ring (bicyclic) bond motifs is 1. The highest BCUT2D eigenvalue weighted by atomic mass is 35.5. The molecule has 1 unspecified atom stereocenters.